The van der Waals surface area contributed by atoms with Crippen LogP contribution in [-0.4, -0.2) is 29.2 Å². The summed E-state index contributed by atoms with van der Waals surface area (Å²) >= 11 is 3.48. The number of ether oxygens (including phenoxy) is 3. The molecule has 0 amide bonds. The monoisotopic (exact) mass is 487 g/mol. The highest BCUT2D eigenvalue weighted by molar-refractivity contribution is 9.10. The Morgan fingerprint density at radius 2 is 1.59 bits per heavy atom. The maximum absolute atomic E-state index is 6.32. The number of aromatic nitrogens is 3. The lowest BCUT2D eigenvalue weighted by Gasteiger charge is -2.14. The third-order valence-corrected chi connectivity index (χ3v) is 5.60. The molecule has 0 unspecified atom stereocenters. The quantitative estimate of drug-likeness (QED) is 0.285. The molecule has 5 aromatic rings. The first-order valence-electron chi connectivity index (χ1n) is 9.86. The van der Waals surface area contributed by atoms with Crippen molar-refractivity contribution < 1.29 is 14.2 Å². The van der Waals surface area contributed by atoms with Gasteiger partial charge in [-0.25, -0.2) is 15.0 Å². The lowest BCUT2D eigenvalue weighted by molar-refractivity contribution is 0.355. The minimum absolute atomic E-state index is 0.601. The highest BCUT2D eigenvalue weighted by Crippen LogP contribution is 2.39. The minimum Gasteiger partial charge on any atom is -0.493 e. The van der Waals surface area contributed by atoms with E-state index in [0.29, 0.717) is 28.6 Å². The van der Waals surface area contributed by atoms with Crippen LogP contribution in [0, 0.1) is 0 Å². The zero-order valence-electron chi connectivity index (χ0n) is 17.4. The van der Waals surface area contributed by atoms with Crippen molar-refractivity contribution in [1.29, 1.82) is 0 Å². The third-order valence-electron chi connectivity index (χ3n) is 5.07. The molecule has 158 valence electrons. The Balaban J connectivity index is 1.69. The van der Waals surface area contributed by atoms with Gasteiger partial charge in [-0.3, -0.25) is 0 Å². The summed E-state index contributed by atoms with van der Waals surface area (Å²) in [4.78, 5) is 13.5. The van der Waals surface area contributed by atoms with E-state index in [1.807, 2.05) is 60.7 Å². The molecule has 0 aliphatic rings. The zero-order valence-corrected chi connectivity index (χ0v) is 19.0. The van der Waals surface area contributed by atoms with Crippen LogP contribution >= 0.6 is 15.9 Å². The minimum atomic E-state index is 0.601. The van der Waals surface area contributed by atoms with E-state index < -0.39 is 0 Å². The van der Waals surface area contributed by atoms with Crippen LogP contribution < -0.4 is 14.2 Å². The van der Waals surface area contributed by atoms with E-state index in [-0.39, 0.29) is 0 Å². The molecule has 6 nitrogen and oxygen atoms in total. The number of fused-ring (bicyclic) bond motifs is 2. The van der Waals surface area contributed by atoms with Crippen LogP contribution in [0.4, 0.5) is 0 Å². The van der Waals surface area contributed by atoms with Crippen LogP contribution in [0.2, 0.25) is 0 Å². The summed E-state index contributed by atoms with van der Waals surface area (Å²) in [6.45, 7) is 0. The summed E-state index contributed by atoms with van der Waals surface area (Å²) in [5, 5.41) is 1.70. The van der Waals surface area contributed by atoms with Crippen LogP contribution in [0.3, 0.4) is 0 Å². The number of rotatable bonds is 5. The molecule has 7 heteroatoms. The fraction of sp³-hybridized carbons (Fsp3) is 0.0800. The Bertz CT molecular complexity index is 1440. The van der Waals surface area contributed by atoms with E-state index in [4.69, 9.17) is 19.2 Å². The van der Waals surface area contributed by atoms with Gasteiger partial charge < -0.3 is 14.2 Å². The summed E-state index contributed by atoms with van der Waals surface area (Å²) in [7, 11) is 3.21. The van der Waals surface area contributed by atoms with Gasteiger partial charge in [0.1, 0.15) is 11.5 Å². The van der Waals surface area contributed by atoms with Crippen molar-refractivity contribution in [2.45, 2.75) is 0 Å². The standard InChI is InChI=1S/C25H18BrN3O3/c1-30-23-11-19-21(13-24(23)31-2)29-20(15-5-7-17(26)8-6-15)12-22(19)32-18-10-16-4-3-9-27-25(16)28-14-18/h3-14H,1-2H3. The predicted octanol–water partition coefficient (Wildman–Crippen LogP) is 6.42. The molecular weight excluding hydrogens is 470 g/mol. The Kier molecular flexibility index (Phi) is 5.33. The molecule has 0 radical (unpaired) electrons. The molecule has 0 saturated carbocycles. The van der Waals surface area contributed by atoms with Gasteiger partial charge in [0.05, 0.1) is 31.6 Å². The van der Waals surface area contributed by atoms with E-state index in [1.165, 1.54) is 0 Å². The molecule has 0 spiro atoms. The number of methoxy groups -OCH3 is 2. The molecule has 3 aromatic heterocycles. The lowest BCUT2D eigenvalue weighted by atomic mass is 10.1. The summed E-state index contributed by atoms with van der Waals surface area (Å²) in [6, 6.07) is 19.4. The number of halogens is 1. The topological polar surface area (TPSA) is 66.4 Å². The van der Waals surface area contributed by atoms with E-state index in [9.17, 15) is 0 Å². The maximum Gasteiger partial charge on any atom is 0.162 e. The van der Waals surface area contributed by atoms with E-state index in [2.05, 4.69) is 25.9 Å². The molecule has 0 saturated heterocycles. The van der Waals surface area contributed by atoms with Crippen LogP contribution in [0.25, 0.3) is 33.2 Å². The van der Waals surface area contributed by atoms with Crippen molar-refractivity contribution in [3.63, 3.8) is 0 Å². The molecule has 32 heavy (non-hydrogen) atoms. The van der Waals surface area contributed by atoms with Crippen LogP contribution in [-0.2, 0) is 0 Å². The molecule has 0 aliphatic heterocycles. The van der Waals surface area contributed by atoms with Crippen molar-refractivity contribution in [2.75, 3.05) is 14.2 Å². The second-order valence-corrected chi connectivity index (χ2v) is 7.98. The Morgan fingerprint density at radius 1 is 0.812 bits per heavy atom. The average Bonchev–Trinajstić information content (AvgIpc) is 2.83. The first-order chi connectivity index (χ1) is 15.6. The largest absolute Gasteiger partial charge is 0.493 e. The van der Waals surface area contributed by atoms with Crippen LogP contribution in [0.1, 0.15) is 0 Å². The normalized spacial score (nSPS) is 11.0. The molecule has 0 aliphatic carbocycles. The fourth-order valence-corrected chi connectivity index (χ4v) is 3.77. The summed E-state index contributed by atoms with van der Waals surface area (Å²) < 4.78 is 18.3. The third kappa shape index (κ3) is 3.83. The van der Waals surface area contributed by atoms with Gasteiger partial charge >= 0.3 is 0 Å². The molecule has 0 bridgehead atoms. The Hall–Kier alpha value is -3.71. The predicted molar refractivity (Wildman–Crippen MR) is 128 cm³/mol. The van der Waals surface area contributed by atoms with Gasteiger partial charge in [0, 0.05) is 39.1 Å². The van der Waals surface area contributed by atoms with E-state index in [1.54, 1.807) is 26.6 Å². The highest BCUT2D eigenvalue weighted by atomic mass is 79.9. The fourth-order valence-electron chi connectivity index (χ4n) is 3.50. The van der Waals surface area contributed by atoms with Gasteiger partial charge in [0.2, 0.25) is 0 Å². The molecule has 0 atom stereocenters. The van der Waals surface area contributed by atoms with E-state index in [0.717, 1.165) is 32.0 Å². The number of hydrogen-bond donors (Lipinski definition) is 0. The summed E-state index contributed by atoms with van der Waals surface area (Å²) in [6.07, 6.45) is 3.39. The van der Waals surface area contributed by atoms with Crippen LogP contribution in [0.5, 0.6) is 23.0 Å². The van der Waals surface area contributed by atoms with Crippen molar-refractivity contribution in [2.24, 2.45) is 0 Å². The smallest absolute Gasteiger partial charge is 0.162 e. The van der Waals surface area contributed by atoms with Gasteiger partial charge in [-0.15, -0.1) is 0 Å². The lowest BCUT2D eigenvalue weighted by Crippen LogP contribution is -1.95. The van der Waals surface area contributed by atoms with Gasteiger partial charge in [-0.05, 0) is 36.4 Å². The van der Waals surface area contributed by atoms with Crippen molar-refractivity contribution >= 4 is 37.9 Å². The van der Waals surface area contributed by atoms with Gasteiger partial charge in [0.15, 0.2) is 17.1 Å². The zero-order chi connectivity index (χ0) is 22.1. The van der Waals surface area contributed by atoms with Crippen LogP contribution in [0.15, 0.2) is 77.5 Å². The van der Waals surface area contributed by atoms with E-state index >= 15 is 0 Å². The second kappa shape index (κ2) is 8.43. The Labute approximate surface area is 193 Å². The Morgan fingerprint density at radius 3 is 2.38 bits per heavy atom. The van der Waals surface area contributed by atoms with Crippen molar-refractivity contribution in [3.8, 4) is 34.3 Å². The number of hydrogen-bond acceptors (Lipinski definition) is 6. The second-order valence-electron chi connectivity index (χ2n) is 7.06. The average molecular weight is 488 g/mol. The molecule has 2 aromatic carbocycles. The number of benzene rings is 2. The summed E-state index contributed by atoms with van der Waals surface area (Å²) in [5.74, 6) is 2.45. The molecule has 0 fully saturated rings. The SMILES string of the molecule is COc1cc2nc(-c3ccc(Br)cc3)cc(Oc3cnc4ncccc4c3)c2cc1OC. The highest BCUT2D eigenvalue weighted by Gasteiger charge is 2.15. The van der Waals surface area contributed by atoms with Crippen molar-refractivity contribution in [3.05, 3.63) is 77.5 Å². The van der Waals surface area contributed by atoms with Gasteiger partial charge in [0.25, 0.3) is 0 Å². The molecule has 5 rings (SSSR count). The van der Waals surface area contributed by atoms with Gasteiger partial charge in [-0.2, -0.15) is 0 Å². The molecular formula is C25H18BrN3O3. The van der Waals surface area contributed by atoms with Crippen molar-refractivity contribution in [1.82, 2.24) is 15.0 Å². The maximum atomic E-state index is 6.32. The number of pyridine rings is 3. The first-order valence-corrected chi connectivity index (χ1v) is 10.7. The van der Waals surface area contributed by atoms with Gasteiger partial charge in [-0.1, -0.05) is 28.1 Å². The number of nitrogens with zero attached hydrogens (tertiary/aromatic N) is 3. The first kappa shape index (κ1) is 20.2. The molecule has 0 N–H and O–H groups in total. The summed E-state index contributed by atoms with van der Waals surface area (Å²) in [5.41, 5.74) is 3.15. The molecule has 3 heterocycles.